The molecule has 6 nitrogen and oxygen atoms in total. The number of fused-ring (bicyclic) bond motifs is 1. The normalized spacial score (nSPS) is 22.4. The van der Waals surface area contributed by atoms with Crippen LogP contribution in [0.25, 0.3) is 22.4 Å². The summed E-state index contributed by atoms with van der Waals surface area (Å²) in [5.41, 5.74) is 2.29. The first kappa shape index (κ1) is 17.5. The zero-order valence-corrected chi connectivity index (χ0v) is 15.5. The summed E-state index contributed by atoms with van der Waals surface area (Å²) in [7, 11) is 0. The van der Waals surface area contributed by atoms with Gasteiger partial charge < -0.3 is 14.6 Å². The van der Waals surface area contributed by atoms with Crippen molar-refractivity contribution < 1.29 is 13.5 Å². The number of ether oxygens (including phenoxy) is 1. The number of pyridine rings is 1. The minimum Gasteiger partial charge on any atom is -0.377 e. The monoisotopic (exact) mass is 385 g/mol. The van der Waals surface area contributed by atoms with Gasteiger partial charge in [-0.15, -0.1) is 0 Å². The van der Waals surface area contributed by atoms with E-state index in [1.165, 1.54) is 0 Å². The van der Waals surface area contributed by atoms with Crippen molar-refractivity contribution in [1.82, 2.24) is 19.9 Å². The quantitative estimate of drug-likeness (QED) is 0.744. The maximum absolute atomic E-state index is 13.5. The third-order valence-corrected chi connectivity index (χ3v) is 5.60. The Balaban J connectivity index is 1.62. The molecule has 0 amide bonds. The van der Waals surface area contributed by atoms with Gasteiger partial charge in [0, 0.05) is 54.7 Å². The molecule has 1 saturated heterocycles. The second-order valence-electron chi connectivity index (χ2n) is 7.65. The Morgan fingerprint density at radius 1 is 1.25 bits per heavy atom. The first-order valence-electron chi connectivity index (χ1n) is 9.54. The van der Waals surface area contributed by atoms with E-state index in [0.29, 0.717) is 31.3 Å². The summed E-state index contributed by atoms with van der Waals surface area (Å²) >= 11 is 0. The van der Waals surface area contributed by atoms with Crippen molar-refractivity contribution in [2.45, 2.75) is 37.6 Å². The Hall–Kier alpha value is -2.61. The molecule has 146 valence electrons. The molecule has 28 heavy (non-hydrogen) atoms. The van der Waals surface area contributed by atoms with Crippen LogP contribution in [0.15, 0.2) is 30.6 Å². The van der Waals surface area contributed by atoms with Crippen molar-refractivity contribution in [2.75, 3.05) is 24.7 Å². The number of H-pyrrole nitrogens is 1. The topological polar surface area (TPSA) is 66.9 Å². The van der Waals surface area contributed by atoms with Crippen LogP contribution >= 0.6 is 0 Å². The van der Waals surface area contributed by atoms with Gasteiger partial charge in [0.2, 0.25) is 5.92 Å². The fourth-order valence-corrected chi connectivity index (χ4v) is 4.02. The van der Waals surface area contributed by atoms with Crippen molar-refractivity contribution in [3.63, 3.8) is 0 Å². The van der Waals surface area contributed by atoms with E-state index in [1.54, 1.807) is 6.20 Å². The molecule has 1 N–H and O–H groups in total. The number of nitrogens with one attached hydrogen (secondary N) is 1. The van der Waals surface area contributed by atoms with Gasteiger partial charge in [-0.3, -0.25) is 0 Å². The summed E-state index contributed by atoms with van der Waals surface area (Å²) in [5, 5.41) is 0.916. The molecule has 1 aliphatic heterocycles. The molecule has 5 rings (SSSR count). The SMILES string of the molecule is CC1COCCN1c1cc(C2CC(F)(F)C2)nc(-c2ccnc3[nH]ccc23)n1. The van der Waals surface area contributed by atoms with Gasteiger partial charge in [-0.2, -0.15) is 0 Å². The Labute approximate surface area is 161 Å². The van der Waals surface area contributed by atoms with Gasteiger partial charge in [0.25, 0.3) is 0 Å². The van der Waals surface area contributed by atoms with Crippen LogP contribution in [-0.2, 0) is 4.74 Å². The lowest BCUT2D eigenvalue weighted by Crippen LogP contribution is -2.44. The minimum atomic E-state index is -2.59. The molecule has 2 aliphatic rings. The summed E-state index contributed by atoms with van der Waals surface area (Å²) < 4.78 is 32.5. The zero-order chi connectivity index (χ0) is 19.3. The highest BCUT2D eigenvalue weighted by molar-refractivity contribution is 5.91. The molecule has 2 fully saturated rings. The third kappa shape index (κ3) is 3.01. The number of morpholine rings is 1. The Bertz CT molecular complexity index is 1010. The van der Waals surface area contributed by atoms with Crippen molar-refractivity contribution in [2.24, 2.45) is 0 Å². The van der Waals surface area contributed by atoms with Crippen LogP contribution in [0.3, 0.4) is 0 Å². The van der Waals surface area contributed by atoms with E-state index in [1.807, 2.05) is 24.4 Å². The molecule has 0 spiro atoms. The van der Waals surface area contributed by atoms with Crippen molar-refractivity contribution in [3.05, 3.63) is 36.3 Å². The fourth-order valence-electron chi connectivity index (χ4n) is 4.02. The number of anilines is 1. The van der Waals surface area contributed by atoms with Gasteiger partial charge in [-0.05, 0) is 19.1 Å². The van der Waals surface area contributed by atoms with E-state index in [4.69, 9.17) is 14.7 Å². The smallest absolute Gasteiger partial charge is 0.249 e. The number of nitrogens with zero attached hydrogens (tertiary/aromatic N) is 4. The van der Waals surface area contributed by atoms with Crippen LogP contribution in [0.5, 0.6) is 0 Å². The highest BCUT2D eigenvalue weighted by atomic mass is 19.3. The summed E-state index contributed by atoms with van der Waals surface area (Å²) in [6.45, 7) is 4.04. The molecule has 1 unspecified atom stereocenters. The van der Waals surface area contributed by atoms with Crippen LogP contribution in [-0.4, -0.2) is 51.7 Å². The number of aromatic amines is 1. The number of halogens is 2. The first-order chi connectivity index (χ1) is 13.5. The van der Waals surface area contributed by atoms with Gasteiger partial charge in [-0.25, -0.2) is 23.7 Å². The predicted molar refractivity (Wildman–Crippen MR) is 102 cm³/mol. The van der Waals surface area contributed by atoms with E-state index in [-0.39, 0.29) is 24.8 Å². The van der Waals surface area contributed by atoms with E-state index in [2.05, 4.69) is 21.8 Å². The molecular weight excluding hydrogens is 364 g/mol. The molecule has 0 radical (unpaired) electrons. The lowest BCUT2D eigenvalue weighted by molar-refractivity contribution is -0.0876. The molecule has 3 aromatic heterocycles. The number of aromatic nitrogens is 4. The highest BCUT2D eigenvalue weighted by Gasteiger charge is 2.47. The van der Waals surface area contributed by atoms with Gasteiger partial charge in [0.05, 0.1) is 24.9 Å². The van der Waals surface area contributed by atoms with Crippen molar-refractivity contribution in [3.8, 4) is 11.4 Å². The van der Waals surface area contributed by atoms with Gasteiger partial charge in [0.15, 0.2) is 5.82 Å². The van der Waals surface area contributed by atoms with Crippen LogP contribution in [0.4, 0.5) is 14.6 Å². The standard InChI is InChI=1S/C20H21F2N5O/c1-12-11-28-7-6-27(12)17-8-16(13-9-20(21,22)10-13)25-19(26-17)15-3-5-24-18-14(15)2-4-23-18/h2-5,8,12-13H,6-7,9-11H2,1H3,(H,23,24). The molecule has 1 aliphatic carbocycles. The molecule has 3 aromatic rings. The lowest BCUT2D eigenvalue weighted by Gasteiger charge is -2.37. The van der Waals surface area contributed by atoms with Gasteiger partial charge in [0.1, 0.15) is 11.5 Å². The van der Waals surface area contributed by atoms with E-state index < -0.39 is 5.92 Å². The van der Waals surface area contributed by atoms with E-state index >= 15 is 0 Å². The lowest BCUT2D eigenvalue weighted by atomic mass is 9.79. The minimum absolute atomic E-state index is 0.155. The maximum Gasteiger partial charge on any atom is 0.249 e. The molecular formula is C20H21F2N5O. The molecule has 1 atom stereocenters. The second-order valence-corrected chi connectivity index (χ2v) is 7.65. The van der Waals surface area contributed by atoms with Crippen LogP contribution in [0, 0.1) is 0 Å². The molecule has 0 bridgehead atoms. The molecule has 4 heterocycles. The highest BCUT2D eigenvalue weighted by Crippen LogP contribution is 2.48. The number of rotatable bonds is 3. The maximum atomic E-state index is 13.5. The fraction of sp³-hybridized carbons (Fsp3) is 0.450. The largest absolute Gasteiger partial charge is 0.377 e. The van der Waals surface area contributed by atoms with Crippen LogP contribution < -0.4 is 4.90 Å². The third-order valence-electron chi connectivity index (χ3n) is 5.60. The van der Waals surface area contributed by atoms with Crippen LogP contribution in [0.2, 0.25) is 0 Å². The summed E-state index contributed by atoms with van der Waals surface area (Å²) in [4.78, 5) is 19.1. The average molecular weight is 385 g/mol. The van der Waals surface area contributed by atoms with E-state index in [9.17, 15) is 8.78 Å². The Morgan fingerprint density at radius 2 is 2.11 bits per heavy atom. The Morgan fingerprint density at radius 3 is 2.89 bits per heavy atom. The van der Waals surface area contributed by atoms with Gasteiger partial charge in [-0.1, -0.05) is 0 Å². The van der Waals surface area contributed by atoms with E-state index in [0.717, 1.165) is 22.4 Å². The molecule has 8 heteroatoms. The zero-order valence-electron chi connectivity index (χ0n) is 15.5. The predicted octanol–water partition coefficient (Wildman–Crippen LogP) is 3.76. The molecule has 0 aromatic carbocycles. The number of hydrogen-bond donors (Lipinski definition) is 1. The number of alkyl halides is 2. The van der Waals surface area contributed by atoms with Gasteiger partial charge >= 0.3 is 0 Å². The number of hydrogen-bond acceptors (Lipinski definition) is 5. The second kappa shape index (κ2) is 6.48. The summed E-state index contributed by atoms with van der Waals surface area (Å²) in [6.07, 6.45) is 3.22. The van der Waals surface area contributed by atoms with Crippen LogP contribution in [0.1, 0.15) is 31.4 Å². The average Bonchev–Trinajstić information content (AvgIpc) is 3.15. The first-order valence-corrected chi connectivity index (χ1v) is 9.54. The summed E-state index contributed by atoms with van der Waals surface area (Å²) in [6, 6.07) is 5.84. The van der Waals surface area contributed by atoms with Crippen molar-refractivity contribution >= 4 is 16.9 Å². The Kier molecular flexibility index (Phi) is 4.04. The van der Waals surface area contributed by atoms with Crippen molar-refractivity contribution in [1.29, 1.82) is 0 Å². The summed E-state index contributed by atoms with van der Waals surface area (Å²) in [5.74, 6) is -1.51. The molecule has 1 saturated carbocycles.